The van der Waals surface area contributed by atoms with Crippen molar-refractivity contribution in [3.8, 4) is 11.3 Å². The third kappa shape index (κ3) is 3.13. The lowest BCUT2D eigenvalue weighted by Gasteiger charge is -2.33. The van der Waals surface area contributed by atoms with Crippen LogP contribution in [0, 0.1) is 5.92 Å². The van der Waals surface area contributed by atoms with E-state index in [9.17, 15) is 5.11 Å². The van der Waals surface area contributed by atoms with Crippen molar-refractivity contribution in [3.05, 3.63) is 42.4 Å². The summed E-state index contributed by atoms with van der Waals surface area (Å²) < 4.78 is 7.51. The van der Waals surface area contributed by atoms with Crippen LogP contribution in [0.4, 0.5) is 0 Å². The van der Waals surface area contributed by atoms with E-state index in [1.54, 1.807) is 0 Å². The van der Waals surface area contributed by atoms with Crippen molar-refractivity contribution in [3.63, 3.8) is 0 Å². The Morgan fingerprint density at radius 3 is 2.81 bits per heavy atom. The molecule has 5 rings (SSSR count). The fraction of sp³-hybridized carbons (Fsp3) is 0.476. The largest absolute Gasteiger partial charge is 0.396 e. The van der Waals surface area contributed by atoms with E-state index < -0.39 is 0 Å². The number of nitrogens with zero attached hydrogens (tertiary/aromatic N) is 4. The summed E-state index contributed by atoms with van der Waals surface area (Å²) in [6, 6.07) is 6.69. The van der Waals surface area contributed by atoms with Gasteiger partial charge in [-0.1, -0.05) is 12.1 Å². The highest BCUT2D eigenvalue weighted by molar-refractivity contribution is 5.80. The van der Waals surface area contributed by atoms with E-state index in [0.717, 1.165) is 61.2 Å². The number of para-hydroxylation sites is 1. The highest BCUT2D eigenvalue weighted by Gasteiger charge is 2.30. The fourth-order valence-corrected chi connectivity index (χ4v) is 4.28. The molecule has 1 N–H and O–H groups in total. The maximum absolute atomic E-state index is 9.20. The van der Waals surface area contributed by atoms with Crippen LogP contribution in [0.15, 0.2) is 36.8 Å². The third-order valence-corrected chi connectivity index (χ3v) is 6.00. The minimum atomic E-state index is 0.274. The van der Waals surface area contributed by atoms with Crippen LogP contribution in [-0.4, -0.2) is 44.7 Å². The minimum absolute atomic E-state index is 0.274. The molecule has 3 aromatic rings. The molecule has 0 unspecified atom stereocenters. The zero-order chi connectivity index (χ0) is 18.2. The monoisotopic (exact) mass is 364 g/mol. The standard InChI is InChI=1S/C21H24N4O2/c26-13-14-8-17(9-14)25-12-16(10-23-25)20-11-22-21-18(2-1-3-19(21)24-20)15-4-6-27-7-5-15/h1-3,10-12,14-15,17,26H,4-9,13H2. The van der Waals surface area contributed by atoms with Gasteiger partial charge in [-0.3, -0.25) is 9.67 Å². The van der Waals surface area contributed by atoms with E-state index in [1.807, 2.05) is 23.1 Å². The first-order chi connectivity index (χ1) is 13.3. The van der Waals surface area contributed by atoms with Crippen molar-refractivity contribution in [2.75, 3.05) is 19.8 Å². The lowest BCUT2D eigenvalue weighted by molar-refractivity contribution is 0.0856. The van der Waals surface area contributed by atoms with Crippen LogP contribution in [-0.2, 0) is 4.74 Å². The summed E-state index contributed by atoms with van der Waals surface area (Å²) in [6.07, 6.45) is 9.87. The molecule has 0 bridgehead atoms. The van der Waals surface area contributed by atoms with Gasteiger partial charge in [0.05, 0.1) is 35.2 Å². The number of hydrogen-bond acceptors (Lipinski definition) is 5. The molecule has 0 spiro atoms. The van der Waals surface area contributed by atoms with Gasteiger partial charge in [0, 0.05) is 31.6 Å². The van der Waals surface area contributed by atoms with E-state index in [2.05, 4.69) is 23.4 Å². The first-order valence-electron chi connectivity index (χ1n) is 9.80. The summed E-state index contributed by atoms with van der Waals surface area (Å²) in [5.41, 5.74) is 5.08. The van der Waals surface area contributed by atoms with Gasteiger partial charge >= 0.3 is 0 Å². The van der Waals surface area contributed by atoms with Crippen molar-refractivity contribution in [2.24, 2.45) is 5.92 Å². The number of aliphatic hydroxyl groups excluding tert-OH is 1. The van der Waals surface area contributed by atoms with Gasteiger partial charge in [0.2, 0.25) is 0 Å². The lowest BCUT2D eigenvalue weighted by Crippen LogP contribution is -2.29. The van der Waals surface area contributed by atoms with Gasteiger partial charge in [-0.2, -0.15) is 5.10 Å². The van der Waals surface area contributed by atoms with Crippen LogP contribution >= 0.6 is 0 Å². The van der Waals surface area contributed by atoms with Crippen LogP contribution < -0.4 is 0 Å². The summed E-state index contributed by atoms with van der Waals surface area (Å²) in [5.74, 6) is 0.926. The van der Waals surface area contributed by atoms with Gasteiger partial charge in [-0.15, -0.1) is 0 Å². The van der Waals surface area contributed by atoms with Gasteiger partial charge in [0.25, 0.3) is 0 Å². The second-order valence-corrected chi connectivity index (χ2v) is 7.74. The highest BCUT2D eigenvalue weighted by atomic mass is 16.5. The molecule has 2 aliphatic rings. The first kappa shape index (κ1) is 16.8. The molecule has 27 heavy (non-hydrogen) atoms. The number of fused-ring (bicyclic) bond motifs is 1. The van der Waals surface area contributed by atoms with Crippen molar-refractivity contribution >= 4 is 11.0 Å². The second kappa shape index (κ2) is 7.02. The fourth-order valence-electron chi connectivity index (χ4n) is 4.28. The summed E-state index contributed by atoms with van der Waals surface area (Å²) in [5, 5.41) is 13.7. The predicted octanol–water partition coefficient (Wildman–Crippen LogP) is 3.33. The summed E-state index contributed by atoms with van der Waals surface area (Å²) >= 11 is 0. The number of aliphatic hydroxyl groups is 1. The quantitative estimate of drug-likeness (QED) is 0.769. The Bertz CT molecular complexity index is 942. The van der Waals surface area contributed by atoms with Crippen LogP contribution in [0.1, 0.15) is 43.2 Å². The number of aromatic nitrogens is 4. The molecule has 2 fully saturated rings. The van der Waals surface area contributed by atoms with E-state index in [0.29, 0.717) is 17.9 Å². The average molecular weight is 364 g/mol. The highest BCUT2D eigenvalue weighted by Crippen LogP contribution is 2.37. The average Bonchev–Trinajstić information content (AvgIpc) is 3.17. The number of hydrogen-bond donors (Lipinski definition) is 1. The molecule has 0 atom stereocenters. The first-order valence-corrected chi connectivity index (χ1v) is 9.80. The smallest absolute Gasteiger partial charge is 0.0924 e. The molecule has 6 heteroatoms. The van der Waals surface area contributed by atoms with Gasteiger partial charge in [0.1, 0.15) is 0 Å². The molecule has 3 heterocycles. The summed E-state index contributed by atoms with van der Waals surface area (Å²) in [4.78, 5) is 9.63. The van der Waals surface area contributed by atoms with Crippen molar-refractivity contribution in [2.45, 2.75) is 37.6 Å². The predicted molar refractivity (Wildman–Crippen MR) is 102 cm³/mol. The maximum Gasteiger partial charge on any atom is 0.0924 e. The molecule has 1 saturated carbocycles. The van der Waals surface area contributed by atoms with Crippen molar-refractivity contribution in [1.29, 1.82) is 0 Å². The molecule has 1 aromatic carbocycles. The van der Waals surface area contributed by atoms with Crippen LogP contribution in [0.5, 0.6) is 0 Å². The Kier molecular flexibility index (Phi) is 4.38. The molecule has 1 aliphatic carbocycles. The van der Waals surface area contributed by atoms with E-state index in [-0.39, 0.29) is 6.61 Å². The molecule has 0 amide bonds. The van der Waals surface area contributed by atoms with E-state index in [1.165, 1.54) is 5.56 Å². The minimum Gasteiger partial charge on any atom is -0.396 e. The Morgan fingerprint density at radius 1 is 1.15 bits per heavy atom. The normalized spacial score (nSPS) is 23.4. The van der Waals surface area contributed by atoms with E-state index >= 15 is 0 Å². The topological polar surface area (TPSA) is 73.1 Å². The Balaban J connectivity index is 1.43. The Labute approximate surface area is 158 Å². The molecular weight excluding hydrogens is 340 g/mol. The van der Waals surface area contributed by atoms with Gasteiger partial charge < -0.3 is 9.84 Å². The maximum atomic E-state index is 9.20. The molecule has 1 aliphatic heterocycles. The van der Waals surface area contributed by atoms with Gasteiger partial charge in [-0.05, 0) is 49.1 Å². The lowest BCUT2D eigenvalue weighted by atomic mass is 9.81. The van der Waals surface area contributed by atoms with Gasteiger partial charge in [0.15, 0.2) is 0 Å². The van der Waals surface area contributed by atoms with Crippen LogP contribution in [0.25, 0.3) is 22.3 Å². The SMILES string of the molecule is OCC1CC(n2cc(-c3cnc4c(C5CCOCC5)cccc4n3)cn2)C1. The zero-order valence-corrected chi connectivity index (χ0v) is 15.3. The molecule has 140 valence electrons. The second-order valence-electron chi connectivity index (χ2n) is 7.74. The summed E-state index contributed by atoms with van der Waals surface area (Å²) in [6.45, 7) is 1.92. The van der Waals surface area contributed by atoms with Crippen molar-refractivity contribution < 1.29 is 9.84 Å². The zero-order valence-electron chi connectivity index (χ0n) is 15.3. The van der Waals surface area contributed by atoms with Crippen LogP contribution in [0.3, 0.4) is 0 Å². The molecule has 1 saturated heterocycles. The molecular formula is C21H24N4O2. The Morgan fingerprint density at radius 2 is 2.00 bits per heavy atom. The van der Waals surface area contributed by atoms with E-state index in [4.69, 9.17) is 14.7 Å². The Hall–Kier alpha value is -2.31. The molecule has 2 aromatic heterocycles. The van der Waals surface area contributed by atoms with Crippen molar-refractivity contribution in [1.82, 2.24) is 19.7 Å². The number of rotatable bonds is 4. The summed E-state index contributed by atoms with van der Waals surface area (Å²) in [7, 11) is 0. The molecule has 0 radical (unpaired) electrons. The van der Waals surface area contributed by atoms with Crippen LogP contribution in [0.2, 0.25) is 0 Å². The number of ether oxygens (including phenoxy) is 1. The third-order valence-electron chi connectivity index (χ3n) is 6.00. The molecule has 6 nitrogen and oxygen atoms in total. The number of benzene rings is 1. The van der Waals surface area contributed by atoms with Gasteiger partial charge in [-0.25, -0.2) is 4.98 Å².